The Kier molecular flexibility index (Phi) is 5.03. The molecule has 106 valence electrons. The van der Waals surface area contributed by atoms with Crippen LogP contribution in [0.1, 0.15) is 13.8 Å². The maximum absolute atomic E-state index is 5.88. The lowest BCUT2D eigenvalue weighted by Gasteiger charge is -2.08. The van der Waals surface area contributed by atoms with Gasteiger partial charge in [-0.2, -0.15) is 15.0 Å². The van der Waals surface area contributed by atoms with E-state index in [1.165, 1.54) is 11.8 Å². The first-order valence-electron chi connectivity index (χ1n) is 5.97. The highest BCUT2D eigenvalue weighted by atomic mass is 35.5. The van der Waals surface area contributed by atoms with Crippen LogP contribution in [0.25, 0.3) is 0 Å². The predicted octanol–water partition coefficient (Wildman–Crippen LogP) is 3.47. The standard InChI is InChI=1S/C13H14ClN3O2S/c1-8(2)19-12-15-11(14)16-13(17-12)20-10-6-4-5-9(7-10)18-3/h4-8H,1-3H3. The van der Waals surface area contributed by atoms with Crippen molar-refractivity contribution in [1.82, 2.24) is 15.0 Å². The Hall–Kier alpha value is -1.53. The maximum atomic E-state index is 5.88. The summed E-state index contributed by atoms with van der Waals surface area (Å²) in [5, 5.41) is 0.593. The van der Waals surface area contributed by atoms with Gasteiger partial charge in [0.25, 0.3) is 0 Å². The lowest BCUT2D eigenvalue weighted by atomic mass is 10.3. The first kappa shape index (κ1) is 14.9. The zero-order chi connectivity index (χ0) is 14.5. The van der Waals surface area contributed by atoms with Gasteiger partial charge in [0.1, 0.15) is 5.75 Å². The van der Waals surface area contributed by atoms with Crippen molar-refractivity contribution in [3.8, 4) is 11.8 Å². The predicted molar refractivity (Wildman–Crippen MR) is 77.7 cm³/mol. The summed E-state index contributed by atoms with van der Waals surface area (Å²) in [6.45, 7) is 3.79. The lowest BCUT2D eigenvalue weighted by molar-refractivity contribution is 0.219. The van der Waals surface area contributed by atoms with Gasteiger partial charge in [0.05, 0.1) is 13.2 Å². The fraction of sp³-hybridized carbons (Fsp3) is 0.308. The average Bonchev–Trinajstić information content (AvgIpc) is 2.37. The van der Waals surface area contributed by atoms with Gasteiger partial charge in [0.2, 0.25) is 5.28 Å². The van der Waals surface area contributed by atoms with E-state index in [-0.39, 0.29) is 17.4 Å². The van der Waals surface area contributed by atoms with Gasteiger partial charge < -0.3 is 9.47 Å². The molecule has 0 saturated carbocycles. The fourth-order valence-electron chi connectivity index (χ4n) is 1.39. The quantitative estimate of drug-likeness (QED) is 0.842. The van der Waals surface area contributed by atoms with Crippen molar-refractivity contribution in [2.24, 2.45) is 0 Å². The Balaban J connectivity index is 2.21. The highest BCUT2D eigenvalue weighted by molar-refractivity contribution is 7.99. The molecule has 0 atom stereocenters. The van der Waals surface area contributed by atoms with Crippen LogP contribution < -0.4 is 9.47 Å². The summed E-state index contributed by atoms with van der Waals surface area (Å²) in [5.41, 5.74) is 0. The maximum Gasteiger partial charge on any atom is 0.322 e. The molecule has 0 saturated heterocycles. The summed E-state index contributed by atoms with van der Waals surface area (Å²) in [6.07, 6.45) is -0.0249. The molecule has 2 rings (SSSR count). The van der Waals surface area contributed by atoms with Gasteiger partial charge in [0, 0.05) is 4.90 Å². The van der Waals surface area contributed by atoms with Gasteiger partial charge in [-0.3, -0.25) is 0 Å². The molecule has 20 heavy (non-hydrogen) atoms. The third kappa shape index (κ3) is 4.25. The molecule has 0 fully saturated rings. The molecule has 2 aromatic rings. The fourth-order valence-corrected chi connectivity index (χ4v) is 2.38. The van der Waals surface area contributed by atoms with Crippen LogP contribution in [0, 0.1) is 0 Å². The van der Waals surface area contributed by atoms with Crippen LogP contribution in [-0.2, 0) is 0 Å². The van der Waals surface area contributed by atoms with E-state index in [0.717, 1.165) is 10.6 Å². The van der Waals surface area contributed by atoms with Crippen molar-refractivity contribution in [2.45, 2.75) is 30.0 Å². The number of hydrogen-bond donors (Lipinski definition) is 0. The van der Waals surface area contributed by atoms with Crippen molar-refractivity contribution in [3.63, 3.8) is 0 Å². The highest BCUT2D eigenvalue weighted by Crippen LogP contribution is 2.28. The van der Waals surface area contributed by atoms with Crippen LogP contribution >= 0.6 is 23.4 Å². The van der Waals surface area contributed by atoms with E-state index >= 15 is 0 Å². The van der Waals surface area contributed by atoms with Crippen molar-refractivity contribution in [3.05, 3.63) is 29.5 Å². The number of aromatic nitrogens is 3. The Morgan fingerprint density at radius 3 is 2.70 bits per heavy atom. The molecule has 7 heteroatoms. The minimum Gasteiger partial charge on any atom is -0.497 e. The van der Waals surface area contributed by atoms with Crippen LogP contribution in [0.5, 0.6) is 11.8 Å². The second-order valence-electron chi connectivity index (χ2n) is 4.12. The van der Waals surface area contributed by atoms with Gasteiger partial charge in [-0.25, -0.2) is 0 Å². The molecule has 0 radical (unpaired) electrons. The third-order valence-electron chi connectivity index (χ3n) is 2.16. The number of ether oxygens (including phenoxy) is 2. The normalized spacial score (nSPS) is 10.7. The molecule has 0 amide bonds. The van der Waals surface area contributed by atoms with Gasteiger partial charge in [-0.05, 0) is 55.4 Å². The second kappa shape index (κ2) is 6.76. The van der Waals surface area contributed by atoms with E-state index in [0.29, 0.717) is 5.16 Å². The Morgan fingerprint density at radius 2 is 2.00 bits per heavy atom. The summed E-state index contributed by atoms with van der Waals surface area (Å²) in [6, 6.07) is 7.83. The molecule has 0 aliphatic rings. The molecule has 1 aromatic heterocycles. The number of hydrogen-bond acceptors (Lipinski definition) is 6. The third-order valence-corrected chi connectivity index (χ3v) is 3.18. The molecule has 0 unspecified atom stereocenters. The summed E-state index contributed by atoms with van der Waals surface area (Å²) in [7, 11) is 1.62. The smallest absolute Gasteiger partial charge is 0.322 e. The second-order valence-corrected chi connectivity index (χ2v) is 5.50. The molecule has 0 aliphatic heterocycles. The van der Waals surface area contributed by atoms with E-state index in [9.17, 15) is 0 Å². The van der Waals surface area contributed by atoms with Gasteiger partial charge >= 0.3 is 6.01 Å². The zero-order valence-electron chi connectivity index (χ0n) is 11.3. The van der Waals surface area contributed by atoms with Crippen LogP contribution in [-0.4, -0.2) is 28.2 Å². The first-order chi connectivity index (χ1) is 9.56. The monoisotopic (exact) mass is 311 g/mol. The van der Waals surface area contributed by atoms with E-state index in [1.807, 2.05) is 38.1 Å². The number of rotatable bonds is 5. The van der Waals surface area contributed by atoms with E-state index in [2.05, 4.69) is 15.0 Å². The summed E-state index contributed by atoms with van der Waals surface area (Å²) < 4.78 is 10.6. The lowest BCUT2D eigenvalue weighted by Crippen LogP contribution is -2.09. The topological polar surface area (TPSA) is 57.1 Å². The molecule has 0 aliphatic carbocycles. The number of methoxy groups -OCH3 is 1. The molecule has 0 N–H and O–H groups in total. The van der Waals surface area contributed by atoms with Crippen LogP contribution in [0.2, 0.25) is 5.28 Å². The summed E-state index contributed by atoms with van der Waals surface area (Å²) >= 11 is 7.24. The largest absolute Gasteiger partial charge is 0.497 e. The Morgan fingerprint density at radius 1 is 1.20 bits per heavy atom. The first-order valence-corrected chi connectivity index (χ1v) is 7.16. The molecule has 0 bridgehead atoms. The van der Waals surface area contributed by atoms with Gasteiger partial charge in [0.15, 0.2) is 5.16 Å². The SMILES string of the molecule is COc1cccc(Sc2nc(Cl)nc(OC(C)C)n2)c1. The van der Waals surface area contributed by atoms with Crippen molar-refractivity contribution >= 4 is 23.4 Å². The van der Waals surface area contributed by atoms with E-state index in [4.69, 9.17) is 21.1 Å². The van der Waals surface area contributed by atoms with E-state index < -0.39 is 0 Å². The van der Waals surface area contributed by atoms with Gasteiger partial charge in [-0.1, -0.05) is 6.07 Å². The average molecular weight is 312 g/mol. The minimum absolute atomic E-state index is 0.0249. The number of benzene rings is 1. The van der Waals surface area contributed by atoms with Crippen molar-refractivity contribution in [1.29, 1.82) is 0 Å². The molecule has 0 spiro atoms. The van der Waals surface area contributed by atoms with Gasteiger partial charge in [-0.15, -0.1) is 0 Å². The summed E-state index contributed by atoms with van der Waals surface area (Å²) in [5.74, 6) is 0.772. The molecular formula is C13H14ClN3O2S. The van der Waals surface area contributed by atoms with Crippen molar-refractivity contribution in [2.75, 3.05) is 7.11 Å². The molecule has 1 aromatic carbocycles. The van der Waals surface area contributed by atoms with E-state index in [1.54, 1.807) is 7.11 Å². The minimum atomic E-state index is -0.0249. The Bertz CT molecular complexity index is 596. The van der Waals surface area contributed by atoms with Crippen molar-refractivity contribution < 1.29 is 9.47 Å². The molecule has 5 nitrogen and oxygen atoms in total. The number of halogens is 1. The van der Waals surface area contributed by atoms with Crippen LogP contribution in [0.3, 0.4) is 0 Å². The molecular weight excluding hydrogens is 298 g/mol. The molecule has 1 heterocycles. The number of nitrogens with zero attached hydrogens (tertiary/aromatic N) is 3. The zero-order valence-corrected chi connectivity index (χ0v) is 12.9. The highest BCUT2D eigenvalue weighted by Gasteiger charge is 2.09. The van der Waals surface area contributed by atoms with Crippen LogP contribution in [0.15, 0.2) is 34.3 Å². The Labute approximate surface area is 126 Å². The van der Waals surface area contributed by atoms with Crippen LogP contribution in [0.4, 0.5) is 0 Å². The summed E-state index contributed by atoms with van der Waals surface area (Å²) in [4.78, 5) is 13.2.